The van der Waals surface area contributed by atoms with E-state index in [9.17, 15) is 31.1 Å². The van der Waals surface area contributed by atoms with Crippen LogP contribution < -0.4 is 9.64 Å². The van der Waals surface area contributed by atoms with Crippen molar-refractivity contribution in [3.05, 3.63) is 59.5 Å². The summed E-state index contributed by atoms with van der Waals surface area (Å²) in [6, 6.07) is 5.49. The highest BCUT2D eigenvalue weighted by Crippen LogP contribution is 2.54. The van der Waals surface area contributed by atoms with E-state index in [0.29, 0.717) is 70.6 Å². The zero-order valence-corrected chi connectivity index (χ0v) is 22.2. The number of hydrogen-bond acceptors (Lipinski definition) is 7. The molecule has 1 spiro atoms. The van der Waals surface area contributed by atoms with Crippen molar-refractivity contribution in [2.75, 3.05) is 18.6 Å². The fourth-order valence-corrected chi connectivity index (χ4v) is 6.66. The molecule has 1 unspecified atom stereocenters. The minimum absolute atomic E-state index is 0.0500. The highest BCUT2D eigenvalue weighted by atomic mass is 32.2. The zero-order chi connectivity index (χ0) is 29.3. The van der Waals surface area contributed by atoms with Gasteiger partial charge in [0.1, 0.15) is 18.0 Å². The Labute approximate surface area is 232 Å². The molecule has 1 atom stereocenters. The van der Waals surface area contributed by atoms with Crippen LogP contribution in [0.4, 0.5) is 32.0 Å². The summed E-state index contributed by atoms with van der Waals surface area (Å²) >= 11 is 0.505. The van der Waals surface area contributed by atoms with Gasteiger partial charge >= 0.3 is 6.18 Å². The van der Waals surface area contributed by atoms with Gasteiger partial charge in [0.15, 0.2) is 34.0 Å². The van der Waals surface area contributed by atoms with Crippen molar-refractivity contribution in [3.8, 4) is 28.3 Å². The van der Waals surface area contributed by atoms with Crippen LogP contribution in [0.3, 0.4) is 0 Å². The quantitative estimate of drug-likeness (QED) is 0.211. The van der Waals surface area contributed by atoms with Gasteiger partial charge in [-0.1, -0.05) is 23.0 Å². The maximum absolute atomic E-state index is 15.0. The topological polar surface area (TPSA) is 86.3 Å². The number of rotatable bonds is 4. The number of hydrogen-bond donors (Lipinski definition) is 0. The molecule has 2 aromatic heterocycles. The van der Waals surface area contributed by atoms with E-state index in [0.717, 1.165) is 0 Å². The van der Waals surface area contributed by atoms with Gasteiger partial charge in [0.2, 0.25) is 0 Å². The fourth-order valence-electron chi connectivity index (χ4n) is 5.19. The lowest BCUT2D eigenvalue weighted by molar-refractivity contribution is -0.136. The number of carbonyl (C=O) groups is 1. The number of carbonyl (C=O) groups excluding carboxylic acids is 1. The van der Waals surface area contributed by atoms with Crippen molar-refractivity contribution >= 4 is 23.4 Å². The lowest BCUT2D eigenvalue weighted by atomic mass is 9.96. The van der Waals surface area contributed by atoms with E-state index in [4.69, 9.17) is 9.15 Å². The largest absolute Gasteiger partial charge is 0.496 e. The molecule has 214 valence electrons. The molecular weight excluding hydrogens is 576 g/mol. The number of aryl methyl sites for hydroxylation is 1. The number of oxazole rings is 1. The second-order valence-electron chi connectivity index (χ2n) is 9.54. The van der Waals surface area contributed by atoms with Gasteiger partial charge in [-0.2, -0.15) is 13.2 Å². The summed E-state index contributed by atoms with van der Waals surface area (Å²) in [5.41, 5.74) is 1.17. The zero-order valence-electron chi connectivity index (χ0n) is 21.4. The predicted octanol–water partition coefficient (Wildman–Crippen LogP) is 6.02. The van der Waals surface area contributed by atoms with Gasteiger partial charge in [0, 0.05) is 18.6 Å². The summed E-state index contributed by atoms with van der Waals surface area (Å²) < 4.78 is 96.3. The van der Waals surface area contributed by atoms with Crippen molar-refractivity contribution < 1.29 is 40.3 Å². The Bertz CT molecular complexity index is 1700. The molecule has 0 bridgehead atoms. The molecular formula is C26H19F6N5O3S. The minimum atomic E-state index is -4.91. The molecule has 0 aliphatic carbocycles. The molecule has 15 heteroatoms. The SMILES string of the molecule is COc1cc(-c2nnn3c2CCCC32Sc3c(cc(F)c(F)c3F)N(CC(F)(F)F)C2=O)ccc1-c1cnc(C)o1. The van der Waals surface area contributed by atoms with E-state index in [1.807, 2.05) is 0 Å². The second-order valence-corrected chi connectivity index (χ2v) is 10.8. The van der Waals surface area contributed by atoms with E-state index in [-0.39, 0.29) is 11.3 Å². The van der Waals surface area contributed by atoms with Crippen molar-refractivity contribution in [1.29, 1.82) is 0 Å². The molecule has 2 aliphatic heterocycles. The number of thioether (sulfide) groups is 1. The Morgan fingerprint density at radius 3 is 2.63 bits per heavy atom. The first kappa shape index (κ1) is 27.2. The maximum Gasteiger partial charge on any atom is 0.406 e. The highest BCUT2D eigenvalue weighted by molar-refractivity contribution is 8.01. The number of aromatic nitrogens is 4. The molecule has 0 fully saturated rings. The number of nitrogens with zero attached hydrogens (tertiary/aromatic N) is 5. The average Bonchev–Trinajstić information content (AvgIpc) is 3.57. The molecule has 4 aromatic rings. The van der Waals surface area contributed by atoms with Crippen LogP contribution in [0.25, 0.3) is 22.6 Å². The number of benzene rings is 2. The highest BCUT2D eigenvalue weighted by Gasteiger charge is 2.55. The molecule has 0 radical (unpaired) electrons. The Balaban J connectivity index is 1.48. The maximum atomic E-state index is 15.0. The molecule has 1 amide bonds. The third-order valence-corrected chi connectivity index (χ3v) is 8.45. The molecule has 6 rings (SSSR count). The summed E-state index contributed by atoms with van der Waals surface area (Å²) in [6.07, 6.45) is -2.78. The smallest absolute Gasteiger partial charge is 0.406 e. The number of anilines is 1. The van der Waals surface area contributed by atoms with Crippen LogP contribution in [-0.2, 0) is 16.1 Å². The Morgan fingerprint density at radius 2 is 1.95 bits per heavy atom. The van der Waals surface area contributed by atoms with Crippen molar-refractivity contribution in [1.82, 2.24) is 20.0 Å². The molecule has 0 saturated carbocycles. The molecule has 2 aromatic carbocycles. The first-order valence-electron chi connectivity index (χ1n) is 12.2. The number of alkyl halides is 3. The molecule has 2 aliphatic rings. The van der Waals surface area contributed by atoms with Gasteiger partial charge in [-0.25, -0.2) is 22.8 Å². The fraction of sp³-hybridized carbons (Fsp3) is 0.308. The number of fused-ring (bicyclic) bond motifs is 3. The van der Waals surface area contributed by atoms with E-state index < -0.39 is 51.5 Å². The number of amides is 1. The predicted molar refractivity (Wildman–Crippen MR) is 134 cm³/mol. The van der Waals surface area contributed by atoms with Crippen LogP contribution in [-0.4, -0.2) is 45.7 Å². The molecule has 0 saturated heterocycles. The first-order valence-corrected chi connectivity index (χ1v) is 13.1. The third kappa shape index (κ3) is 4.33. The number of ether oxygens (including phenoxy) is 1. The molecule has 4 heterocycles. The van der Waals surface area contributed by atoms with Crippen LogP contribution in [0.2, 0.25) is 0 Å². The number of halogens is 6. The van der Waals surface area contributed by atoms with Crippen molar-refractivity contribution in [2.45, 2.75) is 42.1 Å². The van der Waals surface area contributed by atoms with Gasteiger partial charge < -0.3 is 9.15 Å². The van der Waals surface area contributed by atoms with E-state index in [1.165, 1.54) is 11.8 Å². The summed E-state index contributed by atoms with van der Waals surface area (Å²) in [6.45, 7) is -0.138. The van der Waals surface area contributed by atoms with Crippen LogP contribution in [0.15, 0.2) is 39.8 Å². The summed E-state index contributed by atoms with van der Waals surface area (Å²) in [7, 11) is 1.46. The molecule has 41 heavy (non-hydrogen) atoms. The normalized spacial score (nSPS) is 18.5. The van der Waals surface area contributed by atoms with Crippen molar-refractivity contribution in [3.63, 3.8) is 0 Å². The Hall–Kier alpha value is -4.01. The monoisotopic (exact) mass is 595 g/mol. The lowest BCUT2D eigenvalue weighted by Gasteiger charge is -2.44. The van der Waals surface area contributed by atoms with E-state index in [1.54, 1.807) is 31.3 Å². The third-order valence-electron chi connectivity index (χ3n) is 6.97. The summed E-state index contributed by atoms with van der Waals surface area (Å²) in [5, 5.41) is 8.36. The number of methoxy groups -OCH3 is 1. The lowest BCUT2D eigenvalue weighted by Crippen LogP contribution is -2.55. The van der Waals surface area contributed by atoms with Gasteiger partial charge in [0.05, 0.1) is 35.1 Å². The van der Waals surface area contributed by atoms with Gasteiger partial charge in [-0.15, -0.1) is 5.10 Å². The summed E-state index contributed by atoms with van der Waals surface area (Å²) in [5.74, 6) is -4.99. The van der Waals surface area contributed by atoms with E-state index >= 15 is 0 Å². The summed E-state index contributed by atoms with van der Waals surface area (Å²) in [4.78, 5) is 15.6. The minimum Gasteiger partial charge on any atom is -0.496 e. The van der Waals surface area contributed by atoms with E-state index in [2.05, 4.69) is 15.3 Å². The van der Waals surface area contributed by atoms with Crippen LogP contribution in [0.5, 0.6) is 5.75 Å². The Kier molecular flexibility index (Phi) is 6.32. The van der Waals surface area contributed by atoms with Crippen LogP contribution in [0.1, 0.15) is 24.4 Å². The van der Waals surface area contributed by atoms with Gasteiger partial charge in [-0.3, -0.25) is 9.69 Å². The average molecular weight is 596 g/mol. The van der Waals surface area contributed by atoms with Crippen molar-refractivity contribution in [2.24, 2.45) is 0 Å². The standard InChI is InChI=1S/C26H19F6N5O3S/c1-12-33-10-19(40-12)14-6-5-13(8-18(14)39-2)22-16-4-3-7-25(37(16)35-34-22)24(38)36(11-26(30,31)32)17-9-15(27)20(28)21(29)23(17)41-25/h5-6,8-10H,3-4,7,11H2,1-2H3. The van der Waals surface area contributed by atoms with Gasteiger partial charge in [0.25, 0.3) is 5.91 Å². The van der Waals surface area contributed by atoms with Crippen LogP contribution >= 0.6 is 11.8 Å². The van der Waals surface area contributed by atoms with Crippen LogP contribution in [0, 0.1) is 24.4 Å². The second kappa shape index (κ2) is 9.53. The first-order chi connectivity index (χ1) is 19.4. The Morgan fingerprint density at radius 1 is 1.17 bits per heavy atom. The molecule has 8 nitrogen and oxygen atoms in total. The van der Waals surface area contributed by atoms with Gasteiger partial charge in [-0.05, 0) is 31.4 Å². The molecule has 0 N–H and O–H groups in total.